The Labute approximate surface area is 127 Å². The van der Waals surface area contributed by atoms with Gasteiger partial charge in [-0.1, -0.05) is 6.08 Å². The molecule has 0 atom stereocenters. The van der Waals surface area contributed by atoms with Gasteiger partial charge >= 0.3 is 0 Å². The fourth-order valence-corrected chi connectivity index (χ4v) is 2.05. The van der Waals surface area contributed by atoms with E-state index in [-0.39, 0.29) is 12.3 Å². The summed E-state index contributed by atoms with van der Waals surface area (Å²) in [6.07, 6.45) is 1.84. The molecule has 0 aliphatic carbocycles. The van der Waals surface area contributed by atoms with Gasteiger partial charge < -0.3 is 10.1 Å². The lowest BCUT2D eigenvalue weighted by Crippen LogP contribution is -2.17. The van der Waals surface area contributed by atoms with Crippen LogP contribution in [0.5, 0.6) is 5.75 Å². The number of aromatic nitrogens is 3. The van der Waals surface area contributed by atoms with Crippen molar-refractivity contribution < 1.29 is 9.53 Å². The lowest BCUT2D eigenvalue weighted by Gasteiger charge is -2.07. The number of methoxy groups -OCH3 is 1. The van der Waals surface area contributed by atoms with Crippen LogP contribution in [0.3, 0.4) is 0 Å². The van der Waals surface area contributed by atoms with Gasteiger partial charge in [-0.25, -0.2) is 0 Å². The lowest BCUT2D eigenvalue weighted by atomic mass is 10.3. The Morgan fingerprint density at radius 1 is 1.52 bits per heavy atom. The zero-order valence-corrected chi connectivity index (χ0v) is 12.4. The minimum absolute atomic E-state index is 0.132. The van der Waals surface area contributed by atoms with Gasteiger partial charge in [-0.15, -0.1) is 6.58 Å². The van der Waals surface area contributed by atoms with E-state index in [2.05, 4.69) is 22.1 Å². The quantitative estimate of drug-likeness (QED) is 0.634. The zero-order chi connectivity index (χ0) is 15.2. The number of hydrogen-bond acceptors (Lipinski definition) is 4. The Morgan fingerprint density at radius 2 is 2.24 bits per heavy atom. The van der Waals surface area contributed by atoms with Crippen LogP contribution in [0.25, 0.3) is 0 Å². The van der Waals surface area contributed by atoms with Gasteiger partial charge in [-0.05, 0) is 36.5 Å². The molecule has 2 aromatic rings. The molecule has 0 saturated carbocycles. The molecule has 1 aromatic heterocycles. The average Bonchev–Trinajstić information content (AvgIpc) is 2.81. The largest absolute Gasteiger partial charge is 0.497 e. The average molecular weight is 304 g/mol. The molecule has 0 aliphatic heterocycles. The summed E-state index contributed by atoms with van der Waals surface area (Å²) < 4.78 is 7.27. The van der Waals surface area contributed by atoms with E-state index >= 15 is 0 Å². The van der Waals surface area contributed by atoms with Crippen molar-refractivity contribution in [2.75, 3.05) is 12.4 Å². The van der Waals surface area contributed by atoms with E-state index < -0.39 is 0 Å². The number of aromatic amines is 1. The molecule has 2 N–H and O–H groups in total. The summed E-state index contributed by atoms with van der Waals surface area (Å²) in [7, 11) is 1.59. The van der Waals surface area contributed by atoms with Gasteiger partial charge in [0.15, 0.2) is 4.77 Å². The number of carbonyl (C=O) groups excluding carboxylic acids is 1. The van der Waals surface area contributed by atoms with E-state index in [4.69, 9.17) is 17.0 Å². The standard InChI is InChI=1S/C14H16N4O2S/c1-3-8-18-12(16-17-14(18)21)9-13(19)15-10-4-6-11(20-2)7-5-10/h3-7H,1,8-9H2,2H3,(H,15,19)(H,17,21). The van der Waals surface area contributed by atoms with Crippen molar-refractivity contribution in [1.29, 1.82) is 0 Å². The molecule has 0 fully saturated rings. The normalized spacial score (nSPS) is 10.1. The second-order valence-electron chi connectivity index (χ2n) is 4.30. The minimum Gasteiger partial charge on any atom is -0.497 e. The second-order valence-corrected chi connectivity index (χ2v) is 4.68. The van der Waals surface area contributed by atoms with Crippen LogP contribution in [0.15, 0.2) is 36.9 Å². The van der Waals surface area contributed by atoms with E-state index in [1.54, 1.807) is 42.0 Å². The SMILES string of the molecule is C=CCn1c(CC(=O)Nc2ccc(OC)cc2)n[nH]c1=S. The minimum atomic E-state index is -0.167. The molecule has 0 bridgehead atoms. The fourth-order valence-electron chi connectivity index (χ4n) is 1.83. The van der Waals surface area contributed by atoms with Crippen LogP contribution >= 0.6 is 12.2 Å². The van der Waals surface area contributed by atoms with Gasteiger partial charge in [-0.2, -0.15) is 5.10 Å². The lowest BCUT2D eigenvalue weighted by molar-refractivity contribution is -0.115. The zero-order valence-electron chi connectivity index (χ0n) is 11.6. The third kappa shape index (κ3) is 3.79. The van der Waals surface area contributed by atoms with Crippen LogP contribution < -0.4 is 10.1 Å². The fraction of sp³-hybridized carbons (Fsp3) is 0.214. The highest BCUT2D eigenvalue weighted by molar-refractivity contribution is 7.71. The maximum absolute atomic E-state index is 12.0. The molecule has 0 radical (unpaired) electrons. The molecular weight excluding hydrogens is 288 g/mol. The van der Waals surface area contributed by atoms with E-state index in [0.29, 0.717) is 22.8 Å². The van der Waals surface area contributed by atoms with Gasteiger partial charge in [0.2, 0.25) is 5.91 Å². The summed E-state index contributed by atoms with van der Waals surface area (Å²) in [5, 5.41) is 9.54. The Balaban J connectivity index is 2.04. The van der Waals surface area contributed by atoms with Crippen molar-refractivity contribution in [2.24, 2.45) is 0 Å². The first-order chi connectivity index (χ1) is 10.1. The van der Waals surface area contributed by atoms with Crippen LogP contribution in [-0.2, 0) is 17.8 Å². The number of benzene rings is 1. The van der Waals surface area contributed by atoms with Crippen molar-refractivity contribution in [2.45, 2.75) is 13.0 Å². The van der Waals surface area contributed by atoms with Crippen LogP contribution in [0.1, 0.15) is 5.82 Å². The second kappa shape index (κ2) is 6.85. The van der Waals surface area contributed by atoms with E-state index in [1.807, 2.05) is 0 Å². The van der Waals surface area contributed by atoms with Crippen molar-refractivity contribution in [3.63, 3.8) is 0 Å². The topological polar surface area (TPSA) is 71.9 Å². The molecule has 110 valence electrons. The summed E-state index contributed by atoms with van der Waals surface area (Å²) in [4.78, 5) is 12.0. The number of nitrogens with zero attached hydrogens (tertiary/aromatic N) is 2. The predicted octanol–water partition coefficient (Wildman–Crippen LogP) is 2.32. The van der Waals surface area contributed by atoms with Gasteiger partial charge in [0.05, 0.1) is 13.5 Å². The van der Waals surface area contributed by atoms with Crippen LogP contribution in [0, 0.1) is 4.77 Å². The number of amides is 1. The first-order valence-electron chi connectivity index (χ1n) is 6.33. The maximum atomic E-state index is 12.0. The third-order valence-corrected chi connectivity index (χ3v) is 3.15. The number of rotatable bonds is 6. The van der Waals surface area contributed by atoms with Gasteiger partial charge in [0.25, 0.3) is 0 Å². The first kappa shape index (κ1) is 15.0. The van der Waals surface area contributed by atoms with Crippen molar-refractivity contribution in [3.8, 4) is 5.75 Å². The summed E-state index contributed by atoms with van der Waals surface area (Å²) in [5.74, 6) is 1.14. The molecular formula is C14H16N4O2S. The molecule has 6 nitrogen and oxygen atoms in total. The molecule has 1 amide bonds. The number of carbonyl (C=O) groups is 1. The third-order valence-electron chi connectivity index (χ3n) is 2.84. The highest BCUT2D eigenvalue weighted by Crippen LogP contribution is 2.15. The van der Waals surface area contributed by atoms with E-state index in [0.717, 1.165) is 5.75 Å². The van der Waals surface area contributed by atoms with Crippen molar-refractivity contribution >= 4 is 23.8 Å². The number of allylic oxidation sites excluding steroid dienone is 1. The summed E-state index contributed by atoms with van der Waals surface area (Å²) in [6, 6.07) is 7.11. The molecule has 0 saturated heterocycles. The summed E-state index contributed by atoms with van der Waals surface area (Å²) >= 11 is 5.10. The molecule has 0 spiro atoms. The monoisotopic (exact) mass is 304 g/mol. The number of anilines is 1. The number of nitrogens with one attached hydrogen (secondary N) is 2. The van der Waals surface area contributed by atoms with Crippen molar-refractivity contribution in [3.05, 3.63) is 47.5 Å². The van der Waals surface area contributed by atoms with Gasteiger partial charge in [0, 0.05) is 12.2 Å². The molecule has 7 heteroatoms. The van der Waals surface area contributed by atoms with Crippen LogP contribution in [0.2, 0.25) is 0 Å². The number of hydrogen-bond donors (Lipinski definition) is 2. The molecule has 0 unspecified atom stereocenters. The van der Waals surface area contributed by atoms with Gasteiger partial charge in [-0.3, -0.25) is 14.5 Å². The Hall–Kier alpha value is -2.41. The summed E-state index contributed by atoms with van der Waals surface area (Å²) in [6.45, 7) is 4.17. The first-order valence-corrected chi connectivity index (χ1v) is 6.73. The van der Waals surface area contributed by atoms with E-state index in [9.17, 15) is 4.79 Å². The number of H-pyrrole nitrogens is 1. The molecule has 21 heavy (non-hydrogen) atoms. The maximum Gasteiger partial charge on any atom is 0.232 e. The predicted molar refractivity (Wildman–Crippen MR) is 82.9 cm³/mol. The molecule has 2 rings (SSSR count). The smallest absolute Gasteiger partial charge is 0.232 e. The Morgan fingerprint density at radius 3 is 2.86 bits per heavy atom. The van der Waals surface area contributed by atoms with Crippen molar-refractivity contribution in [1.82, 2.24) is 14.8 Å². The van der Waals surface area contributed by atoms with Crippen LogP contribution in [-0.4, -0.2) is 27.8 Å². The Bertz CT molecular complexity index is 688. The van der Waals surface area contributed by atoms with Crippen LogP contribution in [0.4, 0.5) is 5.69 Å². The number of ether oxygens (including phenoxy) is 1. The molecule has 1 aromatic carbocycles. The highest BCUT2D eigenvalue weighted by Gasteiger charge is 2.10. The van der Waals surface area contributed by atoms with E-state index in [1.165, 1.54) is 0 Å². The highest BCUT2D eigenvalue weighted by atomic mass is 32.1. The molecule has 1 heterocycles. The Kier molecular flexibility index (Phi) is 4.89. The van der Waals surface area contributed by atoms with Gasteiger partial charge in [0.1, 0.15) is 11.6 Å². The molecule has 0 aliphatic rings. The summed E-state index contributed by atoms with van der Waals surface area (Å²) in [5.41, 5.74) is 0.699.